The Kier molecular flexibility index (Phi) is 7.38. The third-order valence-corrected chi connectivity index (χ3v) is 5.15. The van der Waals surface area contributed by atoms with Crippen LogP contribution in [0.1, 0.15) is 20.3 Å². The first-order valence-electron chi connectivity index (χ1n) is 5.62. The number of amides is 1. The molecule has 0 bridgehead atoms. The van der Waals surface area contributed by atoms with E-state index in [1.165, 1.54) is 23.1 Å². The maximum Gasteiger partial charge on any atom is 0.230 e. The van der Waals surface area contributed by atoms with Gasteiger partial charge in [0.1, 0.15) is 0 Å². The molecule has 1 N–H and O–H groups in total. The van der Waals surface area contributed by atoms with Gasteiger partial charge >= 0.3 is 0 Å². The first-order chi connectivity index (χ1) is 8.61. The predicted octanol–water partition coefficient (Wildman–Crippen LogP) is 2.82. The summed E-state index contributed by atoms with van der Waals surface area (Å²) in [6.07, 6.45) is 0.955. The van der Waals surface area contributed by atoms with Crippen molar-refractivity contribution in [2.24, 2.45) is 0 Å². The molecule has 18 heavy (non-hydrogen) atoms. The lowest BCUT2D eigenvalue weighted by atomic mass is 10.4. The summed E-state index contributed by atoms with van der Waals surface area (Å²) >= 11 is 4.58. The molecule has 0 atom stereocenters. The summed E-state index contributed by atoms with van der Waals surface area (Å²) in [6, 6.07) is 0. The average molecular weight is 303 g/mol. The monoisotopic (exact) mass is 303 g/mol. The molecule has 0 aliphatic heterocycles. The van der Waals surface area contributed by atoms with E-state index in [-0.39, 0.29) is 5.91 Å². The molecule has 0 aliphatic rings. The SMILES string of the molecule is C=C(C)CSc1nnc(SCC(=O)NCCC)s1. The lowest BCUT2D eigenvalue weighted by Crippen LogP contribution is -2.25. The summed E-state index contributed by atoms with van der Waals surface area (Å²) in [5.41, 5.74) is 1.11. The van der Waals surface area contributed by atoms with E-state index in [9.17, 15) is 4.79 Å². The second-order valence-electron chi connectivity index (χ2n) is 3.72. The second-order valence-corrected chi connectivity index (χ2v) is 7.14. The van der Waals surface area contributed by atoms with Gasteiger partial charge in [-0.1, -0.05) is 53.9 Å². The van der Waals surface area contributed by atoms with Crippen molar-refractivity contribution in [2.75, 3.05) is 18.1 Å². The minimum absolute atomic E-state index is 0.0492. The van der Waals surface area contributed by atoms with Gasteiger partial charge in [-0.15, -0.1) is 10.2 Å². The molecule has 1 aromatic rings. The fourth-order valence-corrected chi connectivity index (χ4v) is 3.63. The van der Waals surface area contributed by atoms with Crippen LogP contribution in [0.4, 0.5) is 0 Å². The van der Waals surface area contributed by atoms with Crippen LogP contribution in [-0.2, 0) is 4.79 Å². The van der Waals surface area contributed by atoms with Crippen LogP contribution in [0.5, 0.6) is 0 Å². The minimum atomic E-state index is 0.0492. The van der Waals surface area contributed by atoms with Gasteiger partial charge in [-0.3, -0.25) is 4.79 Å². The normalized spacial score (nSPS) is 10.3. The van der Waals surface area contributed by atoms with E-state index in [2.05, 4.69) is 22.1 Å². The van der Waals surface area contributed by atoms with Crippen molar-refractivity contribution in [1.29, 1.82) is 0 Å². The molecule has 1 aromatic heterocycles. The molecule has 0 saturated heterocycles. The number of hydrogen-bond acceptors (Lipinski definition) is 6. The van der Waals surface area contributed by atoms with Gasteiger partial charge in [0, 0.05) is 12.3 Å². The molecule has 0 saturated carbocycles. The number of nitrogens with zero attached hydrogens (tertiary/aromatic N) is 2. The average Bonchev–Trinajstić information content (AvgIpc) is 2.79. The third kappa shape index (κ3) is 6.42. The number of aromatic nitrogens is 2. The first kappa shape index (κ1) is 15.5. The van der Waals surface area contributed by atoms with Crippen molar-refractivity contribution in [3.8, 4) is 0 Å². The van der Waals surface area contributed by atoms with Gasteiger partial charge in [0.25, 0.3) is 0 Å². The summed E-state index contributed by atoms with van der Waals surface area (Å²) in [5, 5.41) is 10.9. The van der Waals surface area contributed by atoms with E-state index in [1.807, 2.05) is 13.8 Å². The first-order valence-corrected chi connectivity index (χ1v) is 8.40. The van der Waals surface area contributed by atoms with Crippen LogP contribution in [0.25, 0.3) is 0 Å². The molecule has 100 valence electrons. The van der Waals surface area contributed by atoms with Crippen LogP contribution in [0.3, 0.4) is 0 Å². The zero-order valence-corrected chi connectivity index (χ0v) is 13.0. The zero-order chi connectivity index (χ0) is 13.4. The van der Waals surface area contributed by atoms with Crippen molar-refractivity contribution in [3.05, 3.63) is 12.2 Å². The Bertz CT molecular complexity index is 406. The van der Waals surface area contributed by atoms with E-state index in [0.717, 1.165) is 33.0 Å². The summed E-state index contributed by atoms with van der Waals surface area (Å²) in [7, 11) is 0. The number of rotatable bonds is 8. The van der Waals surface area contributed by atoms with Crippen molar-refractivity contribution in [2.45, 2.75) is 28.9 Å². The predicted molar refractivity (Wildman–Crippen MR) is 79.5 cm³/mol. The molecule has 1 rings (SSSR count). The molecule has 0 aromatic carbocycles. The molecule has 1 heterocycles. The molecule has 0 radical (unpaired) electrons. The standard InChI is InChI=1S/C11H17N3OS3/c1-4-5-12-9(15)7-17-11-14-13-10(18-11)16-6-8(2)3/h2,4-7H2,1,3H3,(H,12,15). The molecule has 4 nitrogen and oxygen atoms in total. The second kappa shape index (κ2) is 8.55. The lowest BCUT2D eigenvalue weighted by Gasteiger charge is -2.00. The quantitative estimate of drug-likeness (QED) is 0.591. The van der Waals surface area contributed by atoms with Gasteiger partial charge in [0.15, 0.2) is 8.68 Å². The smallest absolute Gasteiger partial charge is 0.230 e. The molecule has 0 fully saturated rings. The van der Waals surface area contributed by atoms with Crippen molar-refractivity contribution in [1.82, 2.24) is 15.5 Å². The van der Waals surface area contributed by atoms with E-state index in [0.29, 0.717) is 5.75 Å². The van der Waals surface area contributed by atoms with Crippen molar-refractivity contribution in [3.63, 3.8) is 0 Å². The maximum absolute atomic E-state index is 11.4. The van der Waals surface area contributed by atoms with Crippen LogP contribution in [0.2, 0.25) is 0 Å². The summed E-state index contributed by atoms with van der Waals surface area (Å²) in [5.74, 6) is 1.31. The van der Waals surface area contributed by atoms with Gasteiger partial charge in [0.05, 0.1) is 5.75 Å². The van der Waals surface area contributed by atoms with E-state index < -0.39 is 0 Å². The Labute approximate surface area is 120 Å². The number of carbonyl (C=O) groups excluding carboxylic acids is 1. The Morgan fingerprint density at radius 2 is 1.94 bits per heavy atom. The van der Waals surface area contributed by atoms with Gasteiger partial charge in [-0.25, -0.2) is 0 Å². The Morgan fingerprint density at radius 1 is 1.33 bits per heavy atom. The van der Waals surface area contributed by atoms with Gasteiger partial charge in [0.2, 0.25) is 5.91 Å². The van der Waals surface area contributed by atoms with Crippen LogP contribution in [0.15, 0.2) is 20.8 Å². The Morgan fingerprint density at radius 3 is 2.50 bits per heavy atom. The highest BCUT2D eigenvalue weighted by Gasteiger charge is 2.08. The van der Waals surface area contributed by atoms with Crippen LogP contribution in [-0.4, -0.2) is 34.2 Å². The highest BCUT2D eigenvalue weighted by Crippen LogP contribution is 2.29. The van der Waals surface area contributed by atoms with Crippen LogP contribution >= 0.6 is 34.9 Å². The Hall–Kier alpha value is -0.530. The molecular formula is C11H17N3OS3. The number of hydrogen-bond donors (Lipinski definition) is 1. The van der Waals surface area contributed by atoms with E-state index in [4.69, 9.17) is 0 Å². The molecule has 7 heteroatoms. The molecule has 0 aliphatic carbocycles. The minimum Gasteiger partial charge on any atom is -0.355 e. The lowest BCUT2D eigenvalue weighted by molar-refractivity contribution is -0.118. The fourth-order valence-electron chi connectivity index (χ4n) is 0.941. The molecule has 0 unspecified atom stereocenters. The number of carbonyl (C=O) groups is 1. The largest absolute Gasteiger partial charge is 0.355 e. The molecule has 0 spiro atoms. The van der Waals surface area contributed by atoms with Crippen LogP contribution < -0.4 is 5.32 Å². The van der Waals surface area contributed by atoms with Crippen LogP contribution in [0, 0.1) is 0 Å². The van der Waals surface area contributed by atoms with Gasteiger partial charge in [-0.2, -0.15) is 0 Å². The van der Waals surface area contributed by atoms with Gasteiger partial charge in [-0.05, 0) is 13.3 Å². The summed E-state index contributed by atoms with van der Waals surface area (Å²) in [6.45, 7) is 8.59. The summed E-state index contributed by atoms with van der Waals surface area (Å²) in [4.78, 5) is 11.4. The number of thioether (sulfide) groups is 2. The third-order valence-electron chi connectivity index (χ3n) is 1.73. The van der Waals surface area contributed by atoms with Crippen molar-refractivity contribution < 1.29 is 4.79 Å². The molecular weight excluding hydrogens is 286 g/mol. The Balaban J connectivity index is 2.30. The molecule has 1 amide bonds. The van der Waals surface area contributed by atoms with Gasteiger partial charge < -0.3 is 5.32 Å². The number of nitrogens with one attached hydrogen (secondary N) is 1. The topological polar surface area (TPSA) is 54.9 Å². The maximum atomic E-state index is 11.4. The van der Waals surface area contributed by atoms with E-state index in [1.54, 1.807) is 11.8 Å². The van der Waals surface area contributed by atoms with Crippen molar-refractivity contribution >= 4 is 40.8 Å². The zero-order valence-electron chi connectivity index (χ0n) is 10.6. The summed E-state index contributed by atoms with van der Waals surface area (Å²) < 4.78 is 1.76. The highest BCUT2D eigenvalue weighted by molar-refractivity contribution is 8.03. The highest BCUT2D eigenvalue weighted by atomic mass is 32.2. The fraction of sp³-hybridized carbons (Fsp3) is 0.545. The van der Waals surface area contributed by atoms with E-state index >= 15 is 0 Å².